The SMILES string of the molecule is O=C(N[C@H]1CCCNC1)c1ccc(C(F)(F)F)cc1[N+](=O)[O-]. The molecule has 0 radical (unpaired) electrons. The number of carbonyl (C=O) groups is 1. The summed E-state index contributed by atoms with van der Waals surface area (Å²) in [6.45, 7) is 1.35. The number of rotatable bonds is 3. The Balaban J connectivity index is 2.25. The summed E-state index contributed by atoms with van der Waals surface area (Å²) >= 11 is 0. The number of amides is 1. The largest absolute Gasteiger partial charge is 0.416 e. The lowest BCUT2D eigenvalue weighted by molar-refractivity contribution is -0.385. The van der Waals surface area contributed by atoms with Crippen LogP contribution in [0.25, 0.3) is 0 Å². The molecule has 0 aliphatic carbocycles. The fraction of sp³-hybridized carbons (Fsp3) is 0.462. The smallest absolute Gasteiger partial charge is 0.348 e. The van der Waals surface area contributed by atoms with Crippen molar-refractivity contribution in [1.82, 2.24) is 10.6 Å². The van der Waals surface area contributed by atoms with Crippen molar-refractivity contribution in [3.8, 4) is 0 Å². The van der Waals surface area contributed by atoms with Gasteiger partial charge in [-0.3, -0.25) is 14.9 Å². The molecule has 6 nitrogen and oxygen atoms in total. The summed E-state index contributed by atoms with van der Waals surface area (Å²) in [6, 6.07) is 1.70. The lowest BCUT2D eigenvalue weighted by Crippen LogP contribution is -2.45. The van der Waals surface area contributed by atoms with Gasteiger partial charge in [-0.05, 0) is 31.5 Å². The van der Waals surface area contributed by atoms with Crippen molar-refractivity contribution in [3.05, 3.63) is 39.4 Å². The van der Waals surface area contributed by atoms with Crippen LogP contribution in [0.15, 0.2) is 18.2 Å². The second-order valence-corrected chi connectivity index (χ2v) is 5.00. The van der Waals surface area contributed by atoms with Crippen molar-refractivity contribution in [3.63, 3.8) is 0 Å². The van der Waals surface area contributed by atoms with Crippen LogP contribution in [0.4, 0.5) is 18.9 Å². The second-order valence-electron chi connectivity index (χ2n) is 5.00. The number of hydrogen-bond acceptors (Lipinski definition) is 4. The first-order valence-electron chi connectivity index (χ1n) is 6.66. The fourth-order valence-corrected chi connectivity index (χ4v) is 2.29. The van der Waals surface area contributed by atoms with E-state index in [0.717, 1.165) is 19.0 Å². The van der Waals surface area contributed by atoms with Gasteiger partial charge in [-0.2, -0.15) is 13.2 Å². The summed E-state index contributed by atoms with van der Waals surface area (Å²) < 4.78 is 37.8. The molecule has 0 aromatic heterocycles. The number of nitrogens with one attached hydrogen (secondary N) is 2. The van der Waals surface area contributed by atoms with Crippen LogP contribution in [-0.2, 0) is 6.18 Å². The van der Waals surface area contributed by atoms with Crippen LogP contribution in [0.3, 0.4) is 0 Å². The van der Waals surface area contributed by atoms with Gasteiger partial charge in [0.25, 0.3) is 11.6 Å². The lowest BCUT2D eigenvalue weighted by Gasteiger charge is -2.23. The molecule has 1 atom stereocenters. The van der Waals surface area contributed by atoms with Crippen LogP contribution in [0, 0.1) is 10.1 Å². The molecular weight excluding hydrogens is 303 g/mol. The molecule has 1 amide bonds. The van der Waals surface area contributed by atoms with E-state index >= 15 is 0 Å². The summed E-state index contributed by atoms with van der Waals surface area (Å²) in [7, 11) is 0. The van der Waals surface area contributed by atoms with Gasteiger partial charge >= 0.3 is 6.18 Å². The Bertz CT molecular complexity index is 584. The summed E-state index contributed by atoms with van der Waals surface area (Å²) in [5, 5.41) is 16.6. The average molecular weight is 317 g/mol. The Morgan fingerprint density at radius 3 is 2.68 bits per heavy atom. The molecular formula is C13H14F3N3O3. The van der Waals surface area contributed by atoms with E-state index in [0.29, 0.717) is 25.1 Å². The zero-order valence-corrected chi connectivity index (χ0v) is 11.4. The lowest BCUT2D eigenvalue weighted by atomic mass is 10.0. The summed E-state index contributed by atoms with van der Waals surface area (Å²) in [4.78, 5) is 22.0. The number of benzene rings is 1. The third-order valence-electron chi connectivity index (χ3n) is 3.40. The molecule has 0 spiro atoms. The molecule has 120 valence electrons. The highest BCUT2D eigenvalue weighted by Crippen LogP contribution is 2.33. The van der Waals surface area contributed by atoms with E-state index in [-0.39, 0.29) is 11.6 Å². The number of piperidine rings is 1. The monoisotopic (exact) mass is 317 g/mol. The standard InChI is InChI=1S/C13H14F3N3O3/c14-13(15,16)8-3-4-10(11(6-8)19(21)22)12(20)18-9-2-1-5-17-7-9/h3-4,6,9,17H,1-2,5,7H2,(H,18,20)/t9-/m0/s1. The van der Waals surface area contributed by atoms with E-state index in [1.807, 2.05) is 0 Å². The number of hydrogen-bond donors (Lipinski definition) is 2. The van der Waals surface area contributed by atoms with Crippen molar-refractivity contribution in [2.45, 2.75) is 25.1 Å². The molecule has 1 saturated heterocycles. The molecule has 9 heteroatoms. The minimum absolute atomic E-state index is 0.192. The number of carbonyl (C=O) groups excluding carboxylic acids is 1. The van der Waals surface area contributed by atoms with Crippen molar-refractivity contribution in [1.29, 1.82) is 0 Å². The molecule has 0 unspecified atom stereocenters. The highest BCUT2D eigenvalue weighted by molar-refractivity contribution is 5.98. The van der Waals surface area contributed by atoms with Crippen molar-refractivity contribution in [2.75, 3.05) is 13.1 Å². The maximum Gasteiger partial charge on any atom is 0.416 e. The number of nitro benzene ring substituents is 1. The molecule has 2 N–H and O–H groups in total. The average Bonchev–Trinajstić information content (AvgIpc) is 2.46. The van der Waals surface area contributed by atoms with Gasteiger partial charge in [0.05, 0.1) is 10.5 Å². The maximum atomic E-state index is 12.6. The van der Waals surface area contributed by atoms with Gasteiger partial charge in [-0.25, -0.2) is 0 Å². The van der Waals surface area contributed by atoms with Gasteiger partial charge < -0.3 is 10.6 Å². The third-order valence-corrected chi connectivity index (χ3v) is 3.40. The first kappa shape index (κ1) is 16.2. The molecule has 1 aliphatic heterocycles. The molecule has 1 aromatic rings. The minimum Gasteiger partial charge on any atom is -0.348 e. The van der Waals surface area contributed by atoms with E-state index in [4.69, 9.17) is 0 Å². The molecule has 0 bridgehead atoms. The van der Waals surface area contributed by atoms with Crippen molar-refractivity contribution >= 4 is 11.6 Å². The number of halogens is 3. The summed E-state index contributed by atoms with van der Waals surface area (Å²) in [6.07, 6.45) is -3.14. The zero-order valence-electron chi connectivity index (χ0n) is 11.4. The van der Waals surface area contributed by atoms with Crippen LogP contribution in [0.2, 0.25) is 0 Å². The third kappa shape index (κ3) is 3.73. The number of alkyl halides is 3. The van der Waals surface area contributed by atoms with Crippen LogP contribution in [0.5, 0.6) is 0 Å². The topological polar surface area (TPSA) is 84.3 Å². The van der Waals surface area contributed by atoms with Crippen LogP contribution in [0.1, 0.15) is 28.8 Å². The van der Waals surface area contributed by atoms with E-state index in [2.05, 4.69) is 10.6 Å². The summed E-state index contributed by atoms with van der Waals surface area (Å²) in [5.41, 5.74) is -2.38. The Hall–Kier alpha value is -2.16. The zero-order chi connectivity index (χ0) is 16.3. The van der Waals surface area contributed by atoms with Gasteiger partial charge in [0.2, 0.25) is 0 Å². The number of nitrogens with zero attached hydrogens (tertiary/aromatic N) is 1. The Morgan fingerprint density at radius 1 is 1.41 bits per heavy atom. The van der Waals surface area contributed by atoms with Gasteiger partial charge in [0.15, 0.2) is 0 Å². The van der Waals surface area contributed by atoms with Gasteiger partial charge in [-0.15, -0.1) is 0 Å². The quantitative estimate of drug-likeness (QED) is 0.660. The molecule has 22 heavy (non-hydrogen) atoms. The predicted molar refractivity (Wildman–Crippen MR) is 71.5 cm³/mol. The fourth-order valence-electron chi connectivity index (χ4n) is 2.29. The van der Waals surface area contributed by atoms with Gasteiger partial charge in [-0.1, -0.05) is 0 Å². The minimum atomic E-state index is -4.70. The first-order chi connectivity index (χ1) is 10.3. The van der Waals surface area contributed by atoms with Crippen LogP contribution < -0.4 is 10.6 Å². The predicted octanol–water partition coefficient (Wildman–Crippen LogP) is 2.10. The summed E-state index contributed by atoms with van der Waals surface area (Å²) in [5.74, 6) is -0.742. The van der Waals surface area contributed by atoms with E-state index < -0.39 is 28.3 Å². The Morgan fingerprint density at radius 2 is 2.14 bits per heavy atom. The molecule has 1 fully saturated rings. The Labute approximate surface area is 123 Å². The Kier molecular flexibility index (Phi) is 4.65. The van der Waals surface area contributed by atoms with E-state index in [1.165, 1.54) is 0 Å². The number of nitro groups is 1. The van der Waals surface area contributed by atoms with Gasteiger partial charge in [0.1, 0.15) is 5.56 Å². The van der Waals surface area contributed by atoms with Crippen LogP contribution in [-0.4, -0.2) is 30.0 Å². The van der Waals surface area contributed by atoms with Crippen molar-refractivity contribution < 1.29 is 22.9 Å². The maximum absolute atomic E-state index is 12.6. The van der Waals surface area contributed by atoms with Crippen LogP contribution >= 0.6 is 0 Å². The van der Waals surface area contributed by atoms with Gasteiger partial charge in [0, 0.05) is 18.7 Å². The first-order valence-corrected chi connectivity index (χ1v) is 6.66. The van der Waals surface area contributed by atoms with Crippen molar-refractivity contribution in [2.24, 2.45) is 0 Å². The molecule has 1 aromatic carbocycles. The highest BCUT2D eigenvalue weighted by Gasteiger charge is 2.34. The molecule has 2 rings (SSSR count). The molecule has 1 aliphatic rings. The van der Waals surface area contributed by atoms with E-state index in [9.17, 15) is 28.1 Å². The second kappa shape index (κ2) is 6.30. The highest BCUT2D eigenvalue weighted by atomic mass is 19.4. The molecule has 0 saturated carbocycles. The normalized spacial score (nSPS) is 18.8. The molecule has 1 heterocycles. The van der Waals surface area contributed by atoms with E-state index in [1.54, 1.807) is 0 Å².